The van der Waals surface area contributed by atoms with Crippen molar-refractivity contribution in [1.29, 1.82) is 0 Å². The first kappa shape index (κ1) is 12.0. The van der Waals surface area contributed by atoms with Crippen LogP contribution in [-0.2, 0) is 10.8 Å². The Hall–Kier alpha value is -1.09. The molecule has 0 aromatic heterocycles. The lowest BCUT2D eigenvalue weighted by Gasteiger charge is -2.07. The van der Waals surface area contributed by atoms with Crippen LogP contribution in [0.25, 0.3) is 4.91 Å². The molecule has 1 unspecified atom stereocenters. The second-order valence-electron chi connectivity index (χ2n) is 3.51. The third-order valence-electron chi connectivity index (χ3n) is 2.09. The molecular formula is C12H16O2S. The van der Waals surface area contributed by atoms with Crippen molar-refractivity contribution in [3.8, 4) is 5.75 Å². The van der Waals surface area contributed by atoms with Crippen molar-refractivity contribution in [1.82, 2.24) is 0 Å². The van der Waals surface area contributed by atoms with Gasteiger partial charge in [-0.15, -0.1) is 0 Å². The zero-order valence-electron chi connectivity index (χ0n) is 9.53. The van der Waals surface area contributed by atoms with Gasteiger partial charge in [-0.25, -0.2) is 0 Å². The summed E-state index contributed by atoms with van der Waals surface area (Å²) in [7, 11) is 0.680. The minimum Gasteiger partial charge on any atom is -0.497 e. The average molecular weight is 224 g/mol. The van der Waals surface area contributed by atoms with E-state index in [1.54, 1.807) is 13.4 Å². The van der Waals surface area contributed by atoms with Gasteiger partial charge in [0.25, 0.3) is 0 Å². The third kappa shape index (κ3) is 2.93. The van der Waals surface area contributed by atoms with Crippen LogP contribution in [0.15, 0.2) is 29.8 Å². The molecule has 0 heterocycles. The van der Waals surface area contributed by atoms with Crippen LogP contribution in [0.4, 0.5) is 0 Å². The van der Waals surface area contributed by atoms with Crippen LogP contribution < -0.4 is 4.74 Å². The monoisotopic (exact) mass is 224 g/mol. The summed E-state index contributed by atoms with van der Waals surface area (Å²) in [5, 5.41) is 0. The zero-order valence-corrected chi connectivity index (χ0v) is 10.4. The fourth-order valence-electron chi connectivity index (χ4n) is 1.48. The number of methoxy groups -OCH3 is 1. The minimum absolute atomic E-state index is 0.814. The van der Waals surface area contributed by atoms with Crippen molar-refractivity contribution >= 4 is 15.7 Å². The number of hydrogen-bond donors (Lipinski definition) is 0. The first-order valence-corrected chi connectivity index (χ1v) is 6.27. The van der Waals surface area contributed by atoms with Crippen LogP contribution in [0.5, 0.6) is 5.75 Å². The lowest BCUT2D eigenvalue weighted by molar-refractivity contribution is 0.415. The summed E-state index contributed by atoms with van der Waals surface area (Å²) in [5.74, 6) is 0.814. The van der Waals surface area contributed by atoms with Gasteiger partial charge in [0.05, 0.1) is 17.9 Å². The lowest BCUT2D eigenvalue weighted by atomic mass is 10.1. The molecular weight excluding hydrogens is 208 g/mol. The molecule has 3 heteroatoms. The summed E-state index contributed by atoms with van der Waals surface area (Å²) in [6.07, 6.45) is 1.70. The molecule has 0 amide bonds. The van der Waals surface area contributed by atoms with Gasteiger partial charge in [0.2, 0.25) is 0 Å². The molecule has 0 fully saturated rings. The SMILES string of the molecule is COc1ccc(C(=C(C)C)S(C)=O)cc1. The van der Waals surface area contributed by atoms with Crippen molar-refractivity contribution in [3.05, 3.63) is 35.4 Å². The normalized spacial score (nSPS) is 12.0. The van der Waals surface area contributed by atoms with Crippen molar-refractivity contribution < 1.29 is 8.95 Å². The van der Waals surface area contributed by atoms with Gasteiger partial charge in [-0.05, 0) is 31.5 Å². The predicted octanol–water partition coefficient (Wildman–Crippen LogP) is 2.82. The van der Waals surface area contributed by atoms with Crippen molar-refractivity contribution in [2.75, 3.05) is 13.4 Å². The molecule has 0 saturated carbocycles. The van der Waals surface area contributed by atoms with Gasteiger partial charge in [0.15, 0.2) is 0 Å². The van der Waals surface area contributed by atoms with Crippen LogP contribution in [-0.4, -0.2) is 17.6 Å². The molecule has 1 rings (SSSR count). The Balaban J connectivity index is 3.15. The van der Waals surface area contributed by atoms with Gasteiger partial charge in [0, 0.05) is 11.2 Å². The first-order chi connectivity index (χ1) is 7.06. The number of ether oxygens (including phenoxy) is 1. The summed E-state index contributed by atoms with van der Waals surface area (Å²) in [5.41, 5.74) is 2.08. The standard InChI is InChI=1S/C12H16O2S/c1-9(2)12(15(4)13)10-5-7-11(14-3)8-6-10/h5-8H,1-4H3. The van der Waals surface area contributed by atoms with E-state index in [4.69, 9.17) is 4.74 Å². The van der Waals surface area contributed by atoms with E-state index < -0.39 is 10.8 Å². The molecule has 15 heavy (non-hydrogen) atoms. The summed E-state index contributed by atoms with van der Waals surface area (Å²) in [6.45, 7) is 3.95. The molecule has 0 saturated heterocycles. The highest BCUT2D eigenvalue weighted by Gasteiger charge is 2.07. The van der Waals surface area contributed by atoms with E-state index in [2.05, 4.69) is 0 Å². The molecule has 82 valence electrons. The van der Waals surface area contributed by atoms with Gasteiger partial charge in [0.1, 0.15) is 5.75 Å². The summed E-state index contributed by atoms with van der Waals surface area (Å²) >= 11 is 0. The van der Waals surface area contributed by atoms with Crippen LogP contribution in [0.2, 0.25) is 0 Å². The predicted molar refractivity (Wildman–Crippen MR) is 65.3 cm³/mol. The molecule has 1 atom stereocenters. The third-order valence-corrected chi connectivity index (χ3v) is 3.31. The maximum atomic E-state index is 11.6. The zero-order chi connectivity index (χ0) is 11.4. The molecule has 0 spiro atoms. The largest absolute Gasteiger partial charge is 0.497 e. The Morgan fingerprint density at radius 2 is 1.73 bits per heavy atom. The summed E-state index contributed by atoms with van der Waals surface area (Å²) < 4.78 is 16.6. The Morgan fingerprint density at radius 1 is 1.20 bits per heavy atom. The van der Waals surface area contributed by atoms with E-state index in [9.17, 15) is 4.21 Å². The van der Waals surface area contributed by atoms with Gasteiger partial charge in [-0.2, -0.15) is 0 Å². The van der Waals surface area contributed by atoms with E-state index in [1.807, 2.05) is 38.1 Å². The molecule has 0 aliphatic carbocycles. The minimum atomic E-state index is -0.954. The van der Waals surface area contributed by atoms with Gasteiger partial charge in [-0.1, -0.05) is 17.7 Å². The van der Waals surface area contributed by atoms with E-state index >= 15 is 0 Å². The number of allylic oxidation sites excluding steroid dienone is 1. The van der Waals surface area contributed by atoms with Gasteiger partial charge < -0.3 is 4.74 Å². The Kier molecular flexibility index (Phi) is 4.09. The fraction of sp³-hybridized carbons (Fsp3) is 0.333. The molecule has 0 aliphatic rings. The fourth-order valence-corrected chi connectivity index (χ4v) is 2.53. The number of hydrogen-bond acceptors (Lipinski definition) is 2. The highest BCUT2D eigenvalue weighted by molar-refractivity contribution is 7.93. The molecule has 1 aromatic carbocycles. The van der Waals surface area contributed by atoms with E-state index in [0.29, 0.717) is 0 Å². The Bertz CT molecular complexity index is 387. The van der Waals surface area contributed by atoms with Crippen molar-refractivity contribution in [3.63, 3.8) is 0 Å². The summed E-state index contributed by atoms with van der Waals surface area (Å²) in [4.78, 5) is 0.901. The molecule has 2 nitrogen and oxygen atoms in total. The van der Waals surface area contributed by atoms with Crippen LogP contribution >= 0.6 is 0 Å². The average Bonchev–Trinajstić information content (AvgIpc) is 2.18. The van der Waals surface area contributed by atoms with Crippen LogP contribution in [0.3, 0.4) is 0 Å². The topological polar surface area (TPSA) is 26.3 Å². The maximum Gasteiger partial charge on any atom is 0.118 e. The quantitative estimate of drug-likeness (QED) is 0.789. The second kappa shape index (κ2) is 5.12. The van der Waals surface area contributed by atoms with Crippen LogP contribution in [0.1, 0.15) is 19.4 Å². The van der Waals surface area contributed by atoms with Crippen molar-refractivity contribution in [2.24, 2.45) is 0 Å². The molecule has 0 bridgehead atoms. The molecule has 0 N–H and O–H groups in total. The van der Waals surface area contributed by atoms with E-state index in [1.165, 1.54) is 0 Å². The molecule has 1 aromatic rings. The van der Waals surface area contributed by atoms with Gasteiger partial charge in [-0.3, -0.25) is 4.21 Å². The molecule has 0 radical (unpaired) electrons. The highest BCUT2D eigenvalue weighted by atomic mass is 32.2. The summed E-state index contributed by atoms with van der Waals surface area (Å²) in [6, 6.07) is 7.63. The highest BCUT2D eigenvalue weighted by Crippen LogP contribution is 2.23. The maximum absolute atomic E-state index is 11.6. The van der Waals surface area contributed by atoms with Crippen molar-refractivity contribution in [2.45, 2.75) is 13.8 Å². The Morgan fingerprint density at radius 3 is 2.07 bits per heavy atom. The molecule has 0 aliphatic heterocycles. The van der Waals surface area contributed by atoms with Gasteiger partial charge >= 0.3 is 0 Å². The van der Waals surface area contributed by atoms with Crippen LogP contribution in [0, 0.1) is 0 Å². The Labute approximate surface area is 93.4 Å². The second-order valence-corrected chi connectivity index (χ2v) is 4.83. The lowest BCUT2D eigenvalue weighted by Crippen LogP contribution is -1.94. The van der Waals surface area contributed by atoms with E-state index in [-0.39, 0.29) is 0 Å². The van der Waals surface area contributed by atoms with E-state index in [0.717, 1.165) is 21.8 Å². The number of benzene rings is 1. The first-order valence-electron chi connectivity index (χ1n) is 4.71. The number of rotatable bonds is 3. The smallest absolute Gasteiger partial charge is 0.118 e.